The first kappa shape index (κ1) is 188. The minimum Gasteiger partial charge on any atom is 0 e. The van der Waals surface area contributed by atoms with E-state index in [4.69, 9.17) is 0 Å². The summed E-state index contributed by atoms with van der Waals surface area (Å²) in [5, 5.41) is 0. The van der Waals surface area contributed by atoms with Gasteiger partial charge in [-0.15, -0.1) is 0 Å². The van der Waals surface area contributed by atoms with Crippen molar-refractivity contribution >= 4 is 50.5 Å². The maximum atomic E-state index is 0. The third-order valence-corrected chi connectivity index (χ3v) is 0. The predicted molar refractivity (Wildman–Crippen MR) is 34.5 cm³/mol. The van der Waals surface area contributed by atoms with Gasteiger partial charge in [0, 0.05) is 87.8 Å². The minimum atomic E-state index is 0. The van der Waals surface area contributed by atoms with Crippen LogP contribution in [0.2, 0.25) is 0 Å². The van der Waals surface area contributed by atoms with Crippen molar-refractivity contribution in [3.8, 4) is 0 Å². The second-order valence-electron chi connectivity index (χ2n) is 0. The van der Waals surface area contributed by atoms with Crippen molar-refractivity contribution in [3.05, 3.63) is 0 Å². The molecule has 0 amide bonds. The average molecular weight is 232 g/mol. The fraction of sp³-hybridized carbons (Fsp3) is 0. The molecule has 0 aromatic carbocycles. The Balaban J connectivity index is 0. The van der Waals surface area contributed by atoms with E-state index in [2.05, 4.69) is 0 Å². The Morgan fingerprint density at radius 1 is 0.286 bits per heavy atom. The summed E-state index contributed by atoms with van der Waals surface area (Å²) in [7, 11) is 0. The first-order valence-electron chi connectivity index (χ1n) is 0. The molecule has 0 bridgehead atoms. The topological polar surface area (TPSA) is 0 Å². The Hall–Kier alpha value is 1.64. The standard InChI is InChI=1S/6B.Er. The van der Waals surface area contributed by atoms with Crippen molar-refractivity contribution in [2.24, 2.45) is 0 Å². The summed E-state index contributed by atoms with van der Waals surface area (Å²) < 4.78 is 0. The molecule has 0 spiro atoms. The van der Waals surface area contributed by atoms with Crippen LogP contribution in [0, 0.1) is 37.3 Å². The van der Waals surface area contributed by atoms with Crippen LogP contribution in [-0.4, -0.2) is 50.5 Å². The zero-order chi connectivity index (χ0) is 0. The van der Waals surface area contributed by atoms with Gasteiger partial charge >= 0.3 is 0 Å². The third kappa shape index (κ3) is 90.6. The molecule has 0 aromatic rings. The maximum absolute atomic E-state index is 0. The average Bonchev–Trinajstić information content (AvgIpc) is 0. The van der Waals surface area contributed by atoms with Crippen LogP contribution in [0.5, 0.6) is 0 Å². The summed E-state index contributed by atoms with van der Waals surface area (Å²) in [6.07, 6.45) is 0. The van der Waals surface area contributed by atoms with Crippen LogP contribution in [0.4, 0.5) is 0 Å². The van der Waals surface area contributed by atoms with Crippen LogP contribution >= 0.6 is 0 Å². The van der Waals surface area contributed by atoms with E-state index in [9.17, 15) is 0 Å². The van der Waals surface area contributed by atoms with Crippen LogP contribution < -0.4 is 0 Å². The van der Waals surface area contributed by atoms with E-state index in [1.165, 1.54) is 0 Å². The summed E-state index contributed by atoms with van der Waals surface area (Å²) in [5.41, 5.74) is 0. The summed E-state index contributed by atoms with van der Waals surface area (Å²) in [4.78, 5) is 0. The molecule has 0 saturated carbocycles. The van der Waals surface area contributed by atoms with Crippen LogP contribution in [0.3, 0.4) is 0 Å². The molecule has 0 aliphatic rings. The zero-order valence-corrected chi connectivity index (χ0v) is 5.60. The number of hydrogen-bond acceptors (Lipinski definition) is 0. The molecule has 7 heteroatoms. The van der Waals surface area contributed by atoms with Gasteiger partial charge in [-0.3, -0.25) is 0 Å². The van der Waals surface area contributed by atoms with Crippen molar-refractivity contribution in [2.45, 2.75) is 0 Å². The smallest absolute Gasteiger partial charge is 0 e. The molecule has 7 heavy (non-hydrogen) atoms. The first-order valence-corrected chi connectivity index (χ1v) is 0. The van der Waals surface area contributed by atoms with E-state index in [-0.39, 0.29) is 87.8 Å². The Labute approximate surface area is 87.0 Å². The Bertz CT molecular complexity index is 4.14. The minimum absolute atomic E-state index is 0. The summed E-state index contributed by atoms with van der Waals surface area (Å²) in [6, 6.07) is 0. The molecule has 0 saturated heterocycles. The van der Waals surface area contributed by atoms with Gasteiger partial charge in [-0.05, 0) is 0 Å². The normalized spacial score (nSPS) is 0. The summed E-state index contributed by atoms with van der Waals surface area (Å²) in [5.74, 6) is 0. The van der Waals surface area contributed by atoms with Crippen molar-refractivity contribution in [3.63, 3.8) is 0 Å². The number of hydrogen-bond donors (Lipinski definition) is 0. The van der Waals surface area contributed by atoms with Gasteiger partial charge in [-0.1, -0.05) is 0 Å². The second kappa shape index (κ2) is 126. The van der Waals surface area contributed by atoms with Gasteiger partial charge in [0.15, 0.2) is 0 Å². The predicted octanol–water partition coefficient (Wildman–Crippen LogP) is -2.28. The molecule has 0 aliphatic carbocycles. The molecule has 18 radical (unpaired) electrons. The van der Waals surface area contributed by atoms with Gasteiger partial charge in [0.1, 0.15) is 0 Å². The number of rotatable bonds is 0. The molecule has 0 aromatic heterocycles. The van der Waals surface area contributed by atoms with E-state index in [1.807, 2.05) is 0 Å². The van der Waals surface area contributed by atoms with E-state index >= 15 is 0 Å². The van der Waals surface area contributed by atoms with Gasteiger partial charge < -0.3 is 0 Å². The SMILES string of the molecule is [B].[B].[B].[B].[B].[B].[Er]. The van der Waals surface area contributed by atoms with Crippen molar-refractivity contribution in [2.75, 3.05) is 0 Å². The van der Waals surface area contributed by atoms with Gasteiger partial charge in [-0.2, -0.15) is 0 Å². The Morgan fingerprint density at radius 3 is 0.286 bits per heavy atom. The second-order valence-corrected chi connectivity index (χ2v) is 0. The van der Waals surface area contributed by atoms with Gasteiger partial charge in [0.25, 0.3) is 0 Å². The van der Waals surface area contributed by atoms with Gasteiger partial charge in [-0.25, -0.2) is 0 Å². The Morgan fingerprint density at radius 2 is 0.286 bits per heavy atom. The van der Waals surface area contributed by atoms with Crippen molar-refractivity contribution in [1.29, 1.82) is 0 Å². The van der Waals surface area contributed by atoms with E-state index in [0.29, 0.717) is 0 Å². The fourth-order valence-electron chi connectivity index (χ4n) is 0. The van der Waals surface area contributed by atoms with Crippen molar-refractivity contribution in [1.82, 2.24) is 0 Å². The molecular weight excluding hydrogens is 232 g/mol. The molecule has 0 aliphatic heterocycles. The third-order valence-electron chi connectivity index (χ3n) is 0. The zero-order valence-electron chi connectivity index (χ0n) is 3.75. The molecule has 0 unspecified atom stereocenters. The van der Waals surface area contributed by atoms with Crippen LogP contribution in [0.15, 0.2) is 0 Å². The quantitative estimate of drug-likeness (QED) is 0.413. The van der Waals surface area contributed by atoms with Crippen LogP contribution in [0.25, 0.3) is 0 Å². The molecule has 0 atom stereocenters. The van der Waals surface area contributed by atoms with E-state index in [1.54, 1.807) is 0 Å². The molecule has 0 heterocycles. The monoisotopic (exact) mass is 232 g/mol. The largest absolute Gasteiger partial charge is 0 e. The molecule has 0 N–H and O–H groups in total. The molecular formula is B6Er. The molecule has 0 fully saturated rings. The van der Waals surface area contributed by atoms with Crippen LogP contribution in [-0.2, 0) is 0 Å². The van der Waals surface area contributed by atoms with Crippen LogP contribution in [0.1, 0.15) is 0 Å². The first-order chi connectivity index (χ1) is 0. The van der Waals surface area contributed by atoms with Crippen molar-refractivity contribution < 1.29 is 37.3 Å². The van der Waals surface area contributed by atoms with E-state index < -0.39 is 0 Å². The summed E-state index contributed by atoms with van der Waals surface area (Å²) >= 11 is 0. The van der Waals surface area contributed by atoms with Gasteiger partial charge in [0.05, 0.1) is 0 Å². The molecule has 0 rings (SSSR count). The van der Waals surface area contributed by atoms with E-state index in [0.717, 1.165) is 0 Å². The molecule has 30 valence electrons. The van der Waals surface area contributed by atoms with Gasteiger partial charge in [0.2, 0.25) is 0 Å². The Kier molecular flexibility index (Phi) is 3370. The molecule has 0 nitrogen and oxygen atoms in total. The fourth-order valence-corrected chi connectivity index (χ4v) is 0. The summed E-state index contributed by atoms with van der Waals surface area (Å²) in [6.45, 7) is 0. The maximum Gasteiger partial charge on any atom is 0 e.